The van der Waals surface area contributed by atoms with Crippen molar-refractivity contribution >= 4 is 22.1 Å². The molecule has 0 amide bonds. The maximum Gasteiger partial charge on any atom is 0.138 e. The summed E-state index contributed by atoms with van der Waals surface area (Å²) >= 11 is 0. The van der Waals surface area contributed by atoms with Crippen LogP contribution in [0.5, 0.6) is 0 Å². The van der Waals surface area contributed by atoms with Crippen LogP contribution in [0.25, 0.3) is 33.2 Å². The molecule has 5 heteroatoms. The molecule has 0 aliphatic carbocycles. The fraction of sp³-hybridized carbons (Fsp3) is 0.0625. The highest BCUT2D eigenvalue weighted by molar-refractivity contribution is 5.95. The molecule has 3 heterocycles. The Morgan fingerprint density at radius 2 is 1.86 bits per heavy atom. The quantitative estimate of drug-likeness (QED) is 0.590. The molecule has 0 fully saturated rings. The number of hydrogen-bond donors (Lipinski definition) is 2. The zero-order chi connectivity index (χ0) is 14.2. The van der Waals surface area contributed by atoms with Crippen LogP contribution in [0.15, 0.2) is 48.9 Å². The molecular weight excluding hydrogens is 264 g/mol. The lowest BCUT2D eigenvalue weighted by Crippen LogP contribution is -1.88. The number of H-pyrrole nitrogens is 1. The summed E-state index contributed by atoms with van der Waals surface area (Å²) in [6.45, 7) is -0.0597. The van der Waals surface area contributed by atoms with E-state index in [1.807, 2.05) is 36.5 Å². The third-order valence-electron chi connectivity index (χ3n) is 3.54. The maximum atomic E-state index is 9.15. The Bertz CT molecular complexity index is 945. The van der Waals surface area contributed by atoms with E-state index in [9.17, 15) is 0 Å². The lowest BCUT2D eigenvalue weighted by molar-refractivity contribution is 0.277. The van der Waals surface area contributed by atoms with Crippen molar-refractivity contribution in [1.82, 2.24) is 19.9 Å². The lowest BCUT2D eigenvalue weighted by atomic mass is 10.0. The molecule has 4 rings (SSSR count). The maximum absolute atomic E-state index is 9.15. The number of hydrogen-bond acceptors (Lipinski definition) is 4. The highest BCUT2D eigenvalue weighted by atomic mass is 16.3. The fourth-order valence-electron chi connectivity index (χ4n) is 2.50. The van der Waals surface area contributed by atoms with Crippen molar-refractivity contribution in [2.24, 2.45) is 0 Å². The molecule has 21 heavy (non-hydrogen) atoms. The average molecular weight is 276 g/mol. The van der Waals surface area contributed by atoms with Gasteiger partial charge >= 0.3 is 0 Å². The summed E-state index contributed by atoms with van der Waals surface area (Å²) in [6.07, 6.45) is 5.31. The van der Waals surface area contributed by atoms with Gasteiger partial charge < -0.3 is 10.1 Å². The Balaban J connectivity index is 1.91. The van der Waals surface area contributed by atoms with Crippen molar-refractivity contribution in [3.8, 4) is 11.1 Å². The van der Waals surface area contributed by atoms with Gasteiger partial charge in [0.15, 0.2) is 0 Å². The van der Waals surface area contributed by atoms with Gasteiger partial charge in [-0.05, 0) is 29.8 Å². The van der Waals surface area contributed by atoms with Crippen molar-refractivity contribution in [2.45, 2.75) is 6.61 Å². The molecule has 0 spiro atoms. The first-order chi connectivity index (χ1) is 10.3. The molecule has 0 radical (unpaired) electrons. The van der Waals surface area contributed by atoms with E-state index in [1.54, 1.807) is 12.4 Å². The topological polar surface area (TPSA) is 74.7 Å². The Kier molecular flexibility index (Phi) is 2.65. The Hall–Kier alpha value is -2.79. The molecular formula is C16H12N4O. The van der Waals surface area contributed by atoms with Crippen LogP contribution in [0.2, 0.25) is 0 Å². The van der Waals surface area contributed by atoms with E-state index in [1.165, 1.54) is 0 Å². The zero-order valence-corrected chi connectivity index (χ0v) is 11.1. The van der Waals surface area contributed by atoms with Crippen LogP contribution in [0, 0.1) is 0 Å². The van der Waals surface area contributed by atoms with Gasteiger partial charge in [0.2, 0.25) is 0 Å². The van der Waals surface area contributed by atoms with E-state index >= 15 is 0 Å². The number of rotatable bonds is 2. The smallest absolute Gasteiger partial charge is 0.138 e. The first-order valence-corrected chi connectivity index (χ1v) is 6.64. The number of aliphatic hydroxyl groups is 1. The van der Waals surface area contributed by atoms with Gasteiger partial charge in [-0.2, -0.15) is 0 Å². The van der Waals surface area contributed by atoms with E-state index in [-0.39, 0.29) is 6.61 Å². The zero-order valence-electron chi connectivity index (χ0n) is 11.1. The molecule has 0 aliphatic rings. The van der Waals surface area contributed by atoms with E-state index in [0.29, 0.717) is 5.69 Å². The van der Waals surface area contributed by atoms with Gasteiger partial charge in [0.05, 0.1) is 23.3 Å². The Morgan fingerprint density at radius 3 is 2.71 bits per heavy atom. The summed E-state index contributed by atoms with van der Waals surface area (Å²) in [4.78, 5) is 16.1. The fourth-order valence-corrected chi connectivity index (χ4v) is 2.50. The Labute approximate surface area is 120 Å². The second-order valence-corrected chi connectivity index (χ2v) is 4.82. The van der Waals surface area contributed by atoms with Crippen LogP contribution in [0.4, 0.5) is 0 Å². The van der Waals surface area contributed by atoms with Crippen LogP contribution in [-0.4, -0.2) is 25.0 Å². The molecule has 3 aromatic heterocycles. The van der Waals surface area contributed by atoms with Crippen molar-refractivity contribution in [1.29, 1.82) is 0 Å². The summed E-state index contributed by atoms with van der Waals surface area (Å²) in [7, 11) is 0. The van der Waals surface area contributed by atoms with Crippen LogP contribution in [-0.2, 0) is 6.61 Å². The van der Waals surface area contributed by atoms with Gasteiger partial charge in [-0.15, -0.1) is 0 Å². The molecule has 0 bridgehead atoms. The first-order valence-electron chi connectivity index (χ1n) is 6.64. The summed E-state index contributed by atoms with van der Waals surface area (Å²) in [5.74, 6) is 0. The van der Waals surface area contributed by atoms with Gasteiger partial charge in [-0.1, -0.05) is 6.07 Å². The number of nitrogens with one attached hydrogen (secondary N) is 1. The highest BCUT2D eigenvalue weighted by Crippen LogP contribution is 2.29. The molecule has 102 valence electrons. The Morgan fingerprint density at radius 1 is 1.00 bits per heavy atom. The standard InChI is InChI=1S/C16H12N4O/c21-9-11-2-3-12-13(8-19-16(12)20-11)10-1-4-14-15(7-10)18-6-5-17-14/h1-8,21H,9H2,(H,19,20). The predicted molar refractivity (Wildman–Crippen MR) is 80.5 cm³/mol. The van der Waals surface area contributed by atoms with E-state index in [2.05, 4.69) is 19.9 Å². The van der Waals surface area contributed by atoms with Crippen molar-refractivity contribution in [3.05, 3.63) is 54.6 Å². The molecule has 0 atom stereocenters. The molecule has 5 nitrogen and oxygen atoms in total. The second-order valence-electron chi connectivity index (χ2n) is 4.82. The minimum Gasteiger partial charge on any atom is -0.390 e. The van der Waals surface area contributed by atoms with Crippen LogP contribution >= 0.6 is 0 Å². The molecule has 1 aromatic carbocycles. The summed E-state index contributed by atoms with van der Waals surface area (Å²) < 4.78 is 0. The number of fused-ring (bicyclic) bond motifs is 2. The number of pyridine rings is 1. The van der Waals surface area contributed by atoms with Crippen LogP contribution in [0.1, 0.15) is 5.69 Å². The van der Waals surface area contributed by atoms with Gasteiger partial charge in [0, 0.05) is 29.5 Å². The number of aromatic amines is 1. The van der Waals surface area contributed by atoms with Gasteiger partial charge in [-0.25, -0.2) is 4.98 Å². The monoisotopic (exact) mass is 276 g/mol. The molecule has 0 saturated carbocycles. The van der Waals surface area contributed by atoms with Crippen molar-refractivity contribution in [2.75, 3.05) is 0 Å². The molecule has 0 unspecified atom stereocenters. The number of nitrogens with zero attached hydrogens (tertiary/aromatic N) is 3. The summed E-state index contributed by atoms with van der Waals surface area (Å²) in [5.41, 5.74) is 5.30. The SMILES string of the molecule is OCc1ccc2c(-c3ccc4nccnc4c3)c[nH]c2n1. The average Bonchev–Trinajstić information content (AvgIpc) is 2.97. The molecule has 0 aliphatic heterocycles. The van der Waals surface area contributed by atoms with Crippen molar-refractivity contribution in [3.63, 3.8) is 0 Å². The van der Waals surface area contributed by atoms with Crippen LogP contribution in [0.3, 0.4) is 0 Å². The summed E-state index contributed by atoms with van der Waals surface area (Å²) in [6, 6.07) is 9.82. The number of benzene rings is 1. The number of aliphatic hydroxyl groups excluding tert-OH is 1. The minimum atomic E-state index is -0.0597. The third-order valence-corrected chi connectivity index (χ3v) is 3.54. The predicted octanol–water partition coefficient (Wildman–Crippen LogP) is 2.67. The second kappa shape index (κ2) is 4.64. The molecule has 4 aromatic rings. The highest BCUT2D eigenvalue weighted by Gasteiger charge is 2.09. The van der Waals surface area contributed by atoms with Gasteiger partial charge in [0.25, 0.3) is 0 Å². The summed E-state index contributed by atoms with van der Waals surface area (Å²) in [5, 5.41) is 10.2. The van der Waals surface area contributed by atoms with Gasteiger partial charge in [-0.3, -0.25) is 9.97 Å². The minimum absolute atomic E-state index is 0.0597. The third kappa shape index (κ3) is 1.95. The van der Waals surface area contributed by atoms with E-state index in [4.69, 9.17) is 5.11 Å². The van der Waals surface area contributed by atoms with Gasteiger partial charge in [0.1, 0.15) is 5.65 Å². The van der Waals surface area contributed by atoms with Crippen molar-refractivity contribution < 1.29 is 5.11 Å². The lowest BCUT2D eigenvalue weighted by Gasteiger charge is -2.02. The number of aromatic nitrogens is 4. The van der Waals surface area contributed by atoms with E-state index in [0.717, 1.165) is 33.2 Å². The normalized spacial score (nSPS) is 11.3. The van der Waals surface area contributed by atoms with Crippen LogP contribution < -0.4 is 0 Å². The molecule has 2 N–H and O–H groups in total. The first kappa shape index (κ1) is 12.0. The largest absolute Gasteiger partial charge is 0.390 e. The van der Waals surface area contributed by atoms with E-state index < -0.39 is 0 Å². The molecule has 0 saturated heterocycles.